The van der Waals surface area contributed by atoms with Crippen molar-refractivity contribution in [1.82, 2.24) is 19.2 Å². The van der Waals surface area contributed by atoms with E-state index in [1.54, 1.807) is 23.4 Å². The number of fused-ring (bicyclic) bond motifs is 1. The summed E-state index contributed by atoms with van der Waals surface area (Å²) in [5.74, 6) is -0.186. The van der Waals surface area contributed by atoms with E-state index in [9.17, 15) is 13.2 Å². The van der Waals surface area contributed by atoms with Crippen LogP contribution in [0.2, 0.25) is 0 Å². The van der Waals surface area contributed by atoms with E-state index in [1.807, 2.05) is 25.1 Å². The number of aryl methyl sites for hydroxylation is 1. The van der Waals surface area contributed by atoms with E-state index in [-0.39, 0.29) is 10.8 Å². The Kier molecular flexibility index (Phi) is 6.03. The molecule has 0 fully saturated rings. The molecule has 4 rings (SSSR count). The summed E-state index contributed by atoms with van der Waals surface area (Å²) in [5, 5.41) is 3.22. The molecule has 0 radical (unpaired) electrons. The molecule has 1 aliphatic rings. The smallest absolute Gasteiger partial charge is 0.254 e. The van der Waals surface area contributed by atoms with Crippen molar-refractivity contribution in [1.29, 1.82) is 0 Å². The van der Waals surface area contributed by atoms with Gasteiger partial charge in [0, 0.05) is 44.1 Å². The van der Waals surface area contributed by atoms with Gasteiger partial charge in [0.25, 0.3) is 5.91 Å². The van der Waals surface area contributed by atoms with Gasteiger partial charge in [-0.05, 0) is 42.7 Å². The predicted molar refractivity (Wildman–Crippen MR) is 123 cm³/mol. The predicted octanol–water partition coefficient (Wildman–Crippen LogP) is 2.78. The zero-order valence-corrected chi connectivity index (χ0v) is 19.2. The van der Waals surface area contributed by atoms with Gasteiger partial charge in [0.15, 0.2) is 0 Å². The average molecular weight is 454 g/mol. The molecule has 2 heterocycles. The second-order valence-corrected chi connectivity index (χ2v) is 10.3. The zero-order valence-electron chi connectivity index (χ0n) is 18.4. The molecule has 0 saturated heterocycles. The van der Waals surface area contributed by atoms with Gasteiger partial charge in [0.1, 0.15) is 0 Å². The van der Waals surface area contributed by atoms with Crippen molar-refractivity contribution >= 4 is 21.6 Å². The highest BCUT2D eigenvalue weighted by Gasteiger charge is 2.25. The van der Waals surface area contributed by atoms with Crippen LogP contribution in [0.3, 0.4) is 0 Å². The number of amides is 1. The van der Waals surface area contributed by atoms with E-state index in [2.05, 4.69) is 21.4 Å². The first kappa shape index (κ1) is 22.0. The van der Waals surface area contributed by atoms with Crippen LogP contribution in [0.4, 0.5) is 5.69 Å². The third kappa shape index (κ3) is 4.39. The molecule has 1 amide bonds. The molecule has 168 valence electrons. The molecular weight excluding hydrogens is 426 g/mol. The summed E-state index contributed by atoms with van der Waals surface area (Å²) < 4.78 is 26.8. The Morgan fingerprint density at radius 2 is 1.94 bits per heavy atom. The Hall–Kier alpha value is -3.17. The number of benzene rings is 2. The average Bonchev–Trinajstić information content (AvgIpc) is 3.21. The quantitative estimate of drug-likeness (QED) is 0.598. The first-order valence-corrected chi connectivity index (χ1v) is 11.9. The number of carbonyl (C=O) groups is 1. The van der Waals surface area contributed by atoms with Crippen molar-refractivity contribution in [3.8, 4) is 0 Å². The molecule has 2 aromatic carbocycles. The number of hydrogen-bond donors (Lipinski definition) is 2. The van der Waals surface area contributed by atoms with Crippen molar-refractivity contribution in [2.45, 2.75) is 31.3 Å². The normalized spacial score (nSPS) is 13.8. The van der Waals surface area contributed by atoms with Crippen LogP contribution in [-0.4, -0.2) is 54.1 Å². The Bertz CT molecular complexity index is 1250. The number of aromatic nitrogens is 2. The maximum Gasteiger partial charge on any atom is 0.254 e. The minimum absolute atomic E-state index is 0.0759. The van der Waals surface area contributed by atoms with Crippen molar-refractivity contribution in [3.63, 3.8) is 0 Å². The molecule has 9 heteroatoms. The minimum Gasteiger partial charge on any atom is -0.379 e. The maximum atomic E-state index is 13.4. The lowest BCUT2D eigenvalue weighted by Crippen LogP contribution is -2.36. The molecule has 1 aliphatic heterocycles. The van der Waals surface area contributed by atoms with Crippen LogP contribution >= 0.6 is 0 Å². The topological polar surface area (TPSA) is 98.4 Å². The summed E-state index contributed by atoms with van der Waals surface area (Å²) in [6.45, 7) is 3.43. The highest BCUT2D eigenvalue weighted by molar-refractivity contribution is 7.89. The van der Waals surface area contributed by atoms with Crippen LogP contribution in [0.15, 0.2) is 53.7 Å². The van der Waals surface area contributed by atoms with E-state index in [0.29, 0.717) is 30.9 Å². The summed E-state index contributed by atoms with van der Waals surface area (Å²) >= 11 is 0. The van der Waals surface area contributed by atoms with Gasteiger partial charge >= 0.3 is 0 Å². The Labute approximate surface area is 188 Å². The van der Waals surface area contributed by atoms with Crippen LogP contribution in [0, 0.1) is 6.92 Å². The first-order chi connectivity index (χ1) is 15.3. The maximum absolute atomic E-state index is 13.4. The molecule has 0 atom stereocenters. The molecule has 0 unspecified atom stereocenters. The number of nitrogens with zero attached hydrogens (tertiary/aromatic N) is 3. The second kappa shape index (κ2) is 8.76. The van der Waals surface area contributed by atoms with E-state index in [0.717, 1.165) is 27.7 Å². The summed E-state index contributed by atoms with van der Waals surface area (Å²) in [6, 6.07) is 12.8. The standard InChI is InChI=1S/C23H27N5O3S/c1-16-22(26-15-25-16)13-24-20-10-19(11-21(12-20)32(30,31)27(2)3)23(29)28-9-8-17-6-4-5-7-18(17)14-28/h4-7,10-12,15,24H,8-9,13-14H2,1-3H3,(H,25,26). The number of sulfonamides is 1. The molecular formula is C23H27N5O3S. The number of hydrogen-bond acceptors (Lipinski definition) is 5. The number of anilines is 1. The first-order valence-electron chi connectivity index (χ1n) is 10.4. The lowest BCUT2D eigenvalue weighted by Gasteiger charge is -2.29. The minimum atomic E-state index is -3.71. The van der Waals surface area contributed by atoms with E-state index >= 15 is 0 Å². The lowest BCUT2D eigenvalue weighted by molar-refractivity contribution is 0.0734. The van der Waals surface area contributed by atoms with Gasteiger partial charge in [0.05, 0.1) is 23.5 Å². The SMILES string of the molecule is Cc1[nH]cnc1CNc1cc(C(=O)N2CCc3ccccc3C2)cc(S(=O)(=O)N(C)C)c1. The van der Waals surface area contributed by atoms with Crippen LogP contribution in [0.5, 0.6) is 0 Å². The van der Waals surface area contributed by atoms with Crippen molar-refractivity contribution in [3.05, 3.63) is 76.9 Å². The Balaban J connectivity index is 1.65. The fraction of sp³-hybridized carbons (Fsp3) is 0.304. The van der Waals surface area contributed by atoms with Crippen molar-refractivity contribution in [2.24, 2.45) is 0 Å². The van der Waals surface area contributed by atoms with Gasteiger partial charge in [0.2, 0.25) is 10.0 Å². The molecule has 8 nitrogen and oxygen atoms in total. The summed E-state index contributed by atoms with van der Waals surface area (Å²) in [7, 11) is -0.759. The van der Waals surface area contributed by atoms with Crippen LogP contribution < -0.4 is 5.32 Å². The number of imidazole rings is 1. The van der Waals surface area contributed by atoms with Gasteiger partial charge in [-0.1, -0.05) is 24.3 Å². The van der Waals surface area contributed by atoms with Crippen molar-refractivity contribution in [2.75, 3.05) is 26.0 Å². The number of nitrogens with one attached hydrogen (secondary N) is 2. The highest BCUT2D eigenvalue weighted by atomic mass is 32.2. The summed E-state index contributed by atoms with van der Waals surface area (Å²) in [6.07, 6.45) is 2.39. The van der Waals surface area contributed by atoms with Gasteiger partial charge in [-0.15, -0.1) is 0 Å². The zero-order chi connectivity index (χ0) is 22.9. The number of H-pyrrole nitrogens is 1. The second-order valence-electron chi connectivity index (χ2n) is 8.11. The number of aromatic amines is 1. The van der Waals surface area contributed by atoms with Crippen LogP contribution in [0.25, 0.3) is 0 Å². The highest BCUT2D eigenvalue weighted by Crippen LogP contribution is 2.25. The monoisotopic (exact) mass is 453 g/mol. The van der Waals surface area contributed by atoms with Gasteiger partial charge < -0.3 is 15.2 Å². The fourth-order valence-corrected chi connectivity index (χ4v) is 4.76. The van der Waals surface area contributed by atoms with Crippen molar-refractivity contribution < 1.29 is 13.2 Å². The van der Waals surface area contributed by atoms with Crippen LogP contribution in [0.1, 0.15) is 32.9 Å². The van der Waals surface area contributed by atoms with Crippen LogP contribution in [-0.2, 0) is 29.5 Å². The molecule has 32 heavy (non-hydrogen) atoms. The van der Waals surface area contributed by atoms with E-state index in [4.69, 9.17) is 0 Å². The van der Waals surface area contributed by atoms with Gasteiger partial charge in [-0.3, -0.25) is 4.79 Å². The van der Waals surface area contributed by atoms with E-state index < -0.39 is 10.0 Å². The molecule has 0 aliphatic carbocycles. The number of carbonyl (C=O) groups excluding carboxylic acids is 1. The summed E-state index contributed by atoms with van der Waals surface area (Å²) in [4.78, 5) is 22.5. The Morgan fingerprint density at radius 3 is 2.62 bits per heavy atom. The Morgan fingerprint density at radius 1 is 1.19 bits per heavy atom. The third-order valence-electron chi connectivity index (χ3n) is 5.74. The molecule has 0 bridgehead atoms. The molecule has 3 aromatic rings. The number of rotatable bonds is 6. The molecule has 2 N–H and O–H groups in total. The molecule has 0 spiro atoms. The lowest BCUT2D eigenvalue weighted by atomic mass is 9.99. The largest absolute Gasteiger partial charge is 0.379 e. The molecule has 0 saturated carbocycles. The summed E-state index contributed by atoms with van der Waals surface area (Å²) in [5.41, 5.74) is 5.02. The van der Waals surface area contributed by atoms with E-state index in [1.165, 1.54) is 25.7 Å². The third-order valence-corrected chi connectivity index (χ3v) is 7.54. The van der Waals surface area contributed by atoms with Gasteiger partial charge in [-0.2, -0.15) is 0 Å². The molecule has 1 aromatic heterocycles. The van der Waals surface area contributed by atoms with Gasteiger partial charge in [-0.25, -0.2) is 17.7 Å². The fourth-order valence-electron chi connectivity index (χ4n) is 3.79.